The van der Waals surface area contributed by atoms with E-state index in [1.165, 1.54) is 20.2 Å². The molecule has 0 spiro atoms. The second kappa shape index (κ2) is 5.83. The molecule has 1 amide bonds. The second-order valence-electron chi connectivity index (χ2n) is 3.65. The Morgan fingerprint density at radius 1 is 1.39 bits per heavy atom. The molecular formula is C11H16N2O4S. The van der Waals surface area contributed by atoms with Gasteiger partial charge in [0.2, 0.25) is 15.9 Å². The van der Waals surface area contributed by atoms with E-state index in [-0.39, 0.29) is 17.2 Å². The molecule has 0 saturated heterocycles. The number of amides is 1. The first-order valence-electron chi connectivity index (χ1n) is 5.25. The Balaban J connectivity index is 3.04. The quantitative estimate of drug-likeness (QED) is 0.792. The number of carbonyl (C=O) groups excluding carboxylic acids is 1. The lowest BCUT2D eigenvalue weighted by Gasteiger charge is -2.11. The first kappa shape index (κ1) is 14.5. The normalized spacial score (nSPS) is 11.1. The molecule has 0 heterocycles. The highest BCUT2D eigenvalue weighted by Crippen LogP contribution is 2.24. The molecule has 0 saturated carbocycles. The lowest BCUT2D eigenvalue weighted by Crippen LogP contribution is -2.35. The summed E-state index contributed by atoms with van der Waals surface area (Å²) in [4.78, 5) is 11.1. The zero-order chi connectivity index (χ0) is 13.8. The molecule has 0 aliphatic heterocycles. The van der Waals surface area contributed by atoms with Gasteiger partial charge in [0.1, 0.15) is 10.6 Å². The summed E-state index contributed by atoms with van der Waals surface area (Å²) in [5.74, 6) is -0.171. The van der Waals surface area contributed by atoms with Crippen molar-refractivity contribution in [1.82, 2.24) is 10.0 Å². The van der Waals surface area contributed by atoms with Crippen molar-refractivity contribution in [3.05, 3.63) is 23.8 Å². The van der Waals surface area contributed by atoms with Gasteiger partial charge >= 0.3 is 0 Å². The van der Waals surface area contributed by atoms with Gasteiger partial charge in [0, 0.05) is 7.05 Å². The third kappa shape index (κ3) is 3.44. The number of ether oxygens (including phenoxy) is 1. The Morgan fingerprint density at radius 2 is 2.06 bits per heavy atom. The van der Waals surface area contributed by atoms with Gasteiger partial charge in [-0.25, -0.2) is 13.1 Å². The van der Waals surface area contributed by atoms with Gasteiger partial charge in [-0.05, 0) is 24.6 Å². The maximum Gasteiger partial charge on any atom is 0.244 e. The molecule has 2 N–H and O–H groups in total. The summed E-state index contributed by atoms with van der Waals surface area (Å²) >= 11 is 0. The predicted octanol–water partition coefficient (Wildman–Crippen LogP) is 0.0279. The number of sulfonamides is 1. The van der Waals surface area contributed by atoms with Crippen LogP contribution in [-0.4, -0.2) is 35.0 Å². The minimum absolute atomic E-state index is 0.0221. The molecule has 0 fully saturated rings. The van der Waals surface area contributed by atoms with Crippen molar-refractivity contribution < 1.29 is 17.9 Å². The molecule has 0 atom stereocenters. The zero-order valence-electron chi connectivity index (χ0n) is 10.5. The van der Waals surface area contributed by atoms with E-state index in [1.54, 1.807) is 19.1 Å². The summed E-state index contributed by atoms with van der Waals surface area (Å²) < 4.78 is 31.2. The Kier molecular flexibility index (Phi) is 4.69. The van der Waals surface area contributed by atoms with E-state index in [1.807, 2.05) is 0 Å². The lowest BCUT2D eigenvalue weighted by atomic mass is 10.2. The number of benzene rings is 1. The van der Waals surface area contributed by atoms with Crippen LogP contribution in [0.2, 0.25) is 0 Å². The first-order chi connectivity index (χ1) is 8.40. The summed E-state index contributed by atoms with van der Waals surface area (Å²) in [5, 5.41) is 2.33. The highest BCUT2D eigenvalue weighted by atomic mass is 32.2. The van der Waals surface area contributed by atoms with Crippen LogP contribution in [-0.2, 0) is 14.8 Å². The Bertz CT molecular complexity index is 540. The van der Waals surface area contributed by atoms with Crippen LogP contribution in [0.5, 0.6) is 5.75 Å². The third-order valence-electron chi connectivity index (χ3n) is 2.31. The highest BCUT2D eigenvalue weighted by molar-refractivity contribution is 7.89. The van der Waals surface area contributed by atoms with E-state index in [4.69, 9.17) is 4.74 Å². The fraction of sp³-hybridized carbons (Fsp3) is 0.364. The molecule has 0 aliphatic carbocycles. The van der Waals surface area contributed by atoms with Gasteiger partial charge < -0.3 is 10.1 Å². The van der Waals surface area contributed by atoms with Crippen LogP contribution in [0.4, 0.5) is 0 Å². The second-order valence-corrected chi connectivity index (χ2v) is 5.39. The first-order valence-corrected chi connectivity index (χ1v) is 6.74. The van der Waals surface area contributed by atoms with Crippen LogP contribution in [0.15, 0.2) is 23.1 Å². The summed E-state index contributed by atoms with van der Waals surface area (Å²) in [6.45, 7) is 1.47. The van der Waals surface area contributed by atoms with Gasteiger partial charge in [0.05, 0.1) is 13.7 Å². The van der Waals surface area contributed by atoms with Crippen molar-refractivity contribution in [3.63, 3.8) is 0 Å². The lowest BCUT2D eigenvalue weighted by molar-refractivity contribution is -0.119. The molecular weight excluding hydrogens is 256 g/mol. The van der Waals surface area contributed by atoms with Crippen molar-refractivity contribution in [3.8, 4) is 5.75 Å². The summed E-state index contributed by atoms with van der Waals surface area (Å²) in [5.41, 5.74) is 0.788. The fourth-order valence-electron chi connectivity index (χ4n) is 1.32. The third-order valence-corrected chi connectivity index (χ3v) is 3.73. The number of hydrogen-bond acceptors (Lipinski definition) is 4. The van der Waals surface area contributed by atoms with Gasteiger partial charge in [-0.1, -0.05) is 6.07 Å². The van der Waals surface area contributed by atoms with Crippen LogP contribution in [0.25, 0.3) is 0 Å². The number of hydrogen-bond donors (Lipinski definition) is 2. The molecule has 18 heavy (non-hydrogen) atoms. The molecule has 0 aliphatic rings. The monoisotopic (exact) mass is 272 g/mol. The SMILES string of the molecule is CNC(=O)CNS(=O)(=O)c1cc(C)ccc1OC. The van der Waals surface area contributed by atoms with Gasteiger partial charge in [0.15, 0.2) is 0 Å². The van der Waals surface area contributed by atoms with E-state index in [2.05, 4.69) is 10.0 Å². The van der Waals surface area contributed by atoms with Gasteiger partial charge in [-0.2, -0.15) is 0 Å². The predicted molar refractivity (Wildman–Crippen MR) is 67.0 cm³/mol. The Labute approximate surface area is 106 Å². The highest BCUT2D eigenvalue weighted by Gasteiger charge is 2.20. The van der Waals surface area contributed by atoms with Gasteiger partial charge in [-0.3, -0.25) is 4.79 Å². The van der Waals surface area contributed by atoms with Gasteiger partial charge in [0.25, 0.3) is 0 Å². The Morgan fingerprint density at radius 3 is 2.61 bits per heavy atom. The summed E-state index contributed by atoms with van der Waals surface area (Å²) in [7, 11) is -0.941. The number of likely N-dealkylation sites (N-methyl/N-ethyl adjacent to an activating group) is 1. The molecule has 100 valence electrons. The van der Waals surface area contributed by atoms with E-state index >= 15 is 0 Å². The minimum atomic E-state index is -3.77. The van der Waals surface area contributed by atoms with Crippen molar-refractivity contribution in [2.75, 3.05) is 20.7 Å². The maximum absolute atomic E-state index is 12.0. The number of aryl methyl sites for hydroxylation is 1. The van der Waals surface area contributed by atoms with Crippen molar-refractivity contribution in [2.45, 2.75) is 11.8 Å². The van der Waals surface area contributed by atoms with E-state index in [9.17, 15) is 13.2 Å². The van der Waals surface area contributed by atoms with E-state index in [0.29, 0.717) is 0 Å². The van der Waals surface area contributed by atoms with Crippen LogP contribution in [0, 0.1) is 6.92 Å². The number of methoxy groups -OCH3 is 1. The molecule has 0 radical (unpaired) electrons. The van der Waals surface area contributed by atoms with Gasteiger partial charge in [-0.15, -0.1) is 0 Å². The van der Waals surface area contributed by atoms with Crippen molar-refractivity contribution in [1.29, 1.82) is 0 Å². The van der Waals surface area contributed by atoms with E-state index in [0.717, 1.165) is 5.56 Å². The van der Waals surface area contributed by atoms with E-state index < -0.39 is 15.9 Å². The van der Waals surface area contributed by atoms with Crippen LogP contribution in [0.1, 0.15) is 5.56 Å². The molecule has 0 aromatic heterocycles. The topological polar surface area (TPSA) is 84.5 Å². The molecule has 7 heteroatoms. The minimum Gasteiger partial charge on any atom is -0.495 e. The zero-order valence-corrected chi connectivity index (χ0v) is 11.3. The molecule has 0 unspecified atom stereocenters. The molecule has 1 aromatic rings. The maximum atomic E-state index is 12.0. The molecule has 1 rings (SSSR count). The Hall–Kier alpha value is -1.60. The van der Waals surface area contributed by atoms with Crippen LogP contribution < -0.4 is 14.8 Å². The summed E-state index contributed by atoms with van der Waals surface area (Å²) in [6, 6.07) is 4.81. The molecule has 0 bridgehead atoms. The molecule has 6 nitrogen and oxygen atoms in total. The average Bonchev–Trinajstić information content (AvgIpc) is 2.36. The standard InChI is InChI=1S/C11H16N2O4S/c1-8-4-5-9(17-3)10(6-8)18(15,16)13-7-11(14)12-2/h4-6,13H,7H2,1-3H3,(H,12,14). The van der Waals surface area contributed by atoms with Crippen molar-refractivity contribution >= 4 is 15.9 Å². The summed E-state index contributed by atoms with van der Waals surface area (Å²) in [6.07, 6.45) is 0. The number of rotatable bonds is 5. The fourth-order valence-corrected chi connectivity index (χ4v) is 2.55. The van der Waals surface area contributed by atoms with Crippen molar-refractivity contribution in [2.24, 2.45) is 0 Å². The average molecular weight is 272 g/mol. The smallest absolute Gasteiger partial charge is 0.244 e. The van der Waals surface area contributed by atoms with Crippen LogP contribution >= 0.6 is 0 Å². The molecule has 1 aromatic carbocycles. The number of carbonyl (C=O) groups is 1. The largest absolute Gasteiger partial charge is 0.495 e. The van der Waals surface area contributed by atoms with Crippen LogP contribution in [0.3, 0.4) is 0 Å². The number of nitrogens with one attached hydrogen (secondary N) is 2.